The van der Waals surface area contributed by atoms with Crippen LogP contribution in [-0.4, -0.2) is 24.5 Å². The van der Waals surface area contributed by atoms with E-state index in [1.165, 1.54) is 5.56 Å². The fraction of sp³-hybridized carbons (Fsp3) is 0.400. The van der Waals surface area contributed by atoms with Gasteiger partial charge in [-0.3, -0.25) is 4.79 Å². The second-order valence-corrected chi connectivity index (χ2v) is 6.80. The molecule has 21 heavy (non-hydrogen) atoms. The summed E-state index contributed by atoms with van der Waals surface area (Å²) in [6.07, 6.45) is 2.53. The van der Waals surface area contributed by atoms with Gasteiger partial charge in [-0.25, -0.2) is 0 Å². The quantitative estimate of drug-likeness (QED) is 0.652. The lowest BCUT2D eigenvalue weighted by Crippen LogP contribution is -2.26. The molecule has 0 radical (unpaired) electrons. The average molecular weight is 465 g/mol. The maximum atomic E-state index is 11.4. The molecule has 2 N–H and O–H groups in total. The minimum Gasteiger partial charge on any atom is -0.496 e. The van der Waals surface area contributed by atoms with E-state index in [2.05, 4.69) is 55.7 Å². The summed E-state index contributed by atoms with van der Waals surface area (Å²) in [6, 6.07) is 2.03. The van der Waals surface area contributed by atoms with Gasteiger partial charge < -0.3 is 15.0 Å². The highest BCUT2D eigenvalue weighted by atomic mass is 127. The van der Waals surface area contributed by atoms with E-state index < -0.39 is 0 Å². The number of carbonyl (C=O) groups excluding carboxylic acids is 1. The van der Waals surface area contributed by atoms with Gasteiger partial charge in [-0.05, 0) is 50.2 Å². The molecule has 1 amide bonds. The second-order valence-electron chi connectivity index (χ2n) is 4.93. The average Bonchev–Trinajstić information content (AvgIpc) is 2.91. The molecule has 1 aromatic carbocycles. The Hall–Kier alpha value is -0.760. The zero-order chi connectivity index (χ0) is 15.6. The summed E-state index contributed by atoms with van der Waals surface area (Å²) in [6.45, 7) is 4.60. The van der Waals surface area contributed by atoms with Crippen LogP contribution in [0.2, 0.25) is 0 Å². The van der Waals surface area contributed by atoms with Crippen LogP contribution in [0, 0.1) is 3.57 Å². The highest BCUT2D eigenvalue weighted by Gasteiger charge is 2.17. The summed E-state index contributed by atoms with van der Waals surface area (Å²) >= 11 is 5.86. The van der Waals surface area contributed by atoms with E-state index >= 15 is 0 Å². The first-order chi connectivity index (χ1) is 9.99. The van der Waals surface area contributed by atoms with Gasteiger partial charge in [-0.1, -0.05) is 13.8 Å². The number of methoxy groups -OCH3 is 1. The summed E-state index contributed by atoms with van der Waals surface area (Å²) < 4.78 is 7.47. The van der Waals surface area contributed by atoms with E-state index in [9.17, 15) is 4.79 Å². The lowest BCUT2D eigenvalue weighted by molar-refractivity contribution is -0.120. The third-order valence-corrected chi connectivity index (χ3v) is 6.14. The molecule has 1 atom stereocenters. The summed E-state index contributed by atoms with van der Waals surface area (Å²) in [7, 11) is 1.67. The fourth-order valence-corrected chi connectivity index (χ4v) is 3.44. The van der Waals surface area contributed by atoms with E-state index in [-0.39, 0.29) is 11.8 Å². The number of hydrogen-bond donors (Lipinski definition) is 2. The molecule has 0 spiro atoms. The van der Waals surface area contributed by atoms with E-state index in [4.69, 9.17) is 4.74 Å². The fourth-order valence-electron chi connectivity index (χ4n) is 2.26. The van der Waals surface area contributed by atoms with Crippen molar-refractivity contribution in [1.29, 1.82) is 0 Å². The standard InChI is InChI=1S/C15H18BrIN2O2/c1-4-12(20)18-6-8(2)10-7-19-15-9(10)5-11(21-3)13(16)14(15)17/h5,7-8,19H,4,6H2,1-3H3,(H,18,20). The highest BCUT2D eigenvalue weighted by Crippen LogP contribution is 2.38. The van der Waals surface area contributed by atoms with Crippen molar-refractivity contribution in [2.45, 2.75) is 26.2 Å². The summed E-state index contributed by atoms with van der Waals surface area (Å²) in [5, 5.41) is 4.08. The van der Waals surface area contributed by atoms with Gasteiger partial charge in [0.15, 0.2) is 0 Å². The molecule has 0 bridgehead atoms. The van der Waals surface area contributed by atoms with E-state index in [0.29, 0.717) is 13.0 Å². The number of H-pyrrole nitrogens is 1. The number of aromatic nitrogens is 1. The van der Waals surface area contributed by atoms with Crippen LogP contribution in [0.15, 0.2) is 16.7 Å². The Kier molecular flexibility index (Phi) is 5.54. The van der Waals surface area contributed by atoms with Crippen molar-refractivity contribution < 1.29 is 9.53 Å². The van der Waals surface area contributed by atoms with Crippen LogP contribution in [0.3, 0.4) is 0 Å². The molecular weight excluding hydrogens is 447 g/mol. The van der Waals surface area contributed by atoms with E-state index in [1.807, 2.05) is 19.2 Å². The molecule has 0 fully saturated rings. The Morgan fingerprint density at radius 2 is 2.29 bits per heavy atom. The minimum absolute atomic E-state index is 0.0802. The third kappa shape index (κ3) is 3.36. The maximum absolute atomic E-state index is 11.4. The predicted octanol–water partition coefficient (Wildman–Crippen LogP) is 4.17. The van der Waals surface area contributed by atoms with Crippen molar-refractivity contribution in [2.24, 2.45) is 0 Å². The number of hydrogen-bond acceptors (Lipinski definition) is 2. The van der Waals surface area contributed by atoms with Gasteiger partial charge >= 0.3 is 0 Å². The minimum atomic E-state index is 0.0802. The van der Waals surface area contributed by atoms with Crippen molar-refractivity contribution >= 4 is 55.3 Å². The Labute approximate surface area is 146 Å². The van der Waals surface area contributed by atoms with E-state index in [1.54, 1.807) is 7.11 Å². The normalized spacial score (nSPS) is 12.4. The zero-order valence-electron chi connectivity index (χ0n) is 12.2. The van der Waals surface area contributed by atoms with Gasteiger partial charge in [0.2, 0.25) is 5.91 Å². The van der Waals surface area contributed by atoms with Crippen molar-refractivity contribution in [1.82, 2.24) is 10.3 Å². The Morgan fingerprint density at radius 1 is 1.57 bits per heavy atom. The van der Waals surface area contributed by atoms with Crippen molar-refractivity contribution in [3.8, 4) is 5.75 Å². The van der Waals surface area contributed by atoms with Gasteiger partial charge in [0.25, 0.3) is 0 Å². The summed E-state index contributed by atoms with van der Waals surface area (Å²) in [5.74, 6) is 1.13. The summed E-state index contributed by atoms with van der Waals surface area (Å²) in [5.41, 5.74) is 2.28. The molecule has 0 saturated heterocycles. The smallest absolute Gasteiger partial charge is 0.219 e. The first-order valence-electron chi connectivity index (χ1n) is 6.79. The van der Waals surface area contributed by atoms with Crippen LogP contribution < -0.4 is 10.1 Å². The molecule has 2 rings (SSSR count). The van der Waals surface area contributed by atoms with Crippen LogP contribution in [0.5, 0.6) is 5.75 Å². The van der Waals surface area contributed by atoms with Crippen molar-refractivity contribution in [3.63, 3.8) is 0 Å². The van der Waals surface area contributed by atoms with Gasteiger partial charge in [-0.15, -0.1) is 0 Å². The molecule has 1 heterocycles. The van der Waals surface area contributed by atoms with Crippen molar-refractivity contribution in [2.75, 3.05) is 13.7 Å². The second kappa shape index (κ2) is 7.00. The van der Waals surface area contributed by atoms with Gasteiger partial charge in [0, 0.05) is 30.5 Å². The largest absolute Gasteiger partial charge is 0.496 e. The molecule has 0 aliphatic rings. The Bertz CT molecular complexity index is 669. The molecule has 0 aliphatic heterocycles. The molecule has 114 valence electrons. The molecule has 0 aliphatic carbocycles. The Morgan fingerprint density at radius 3 is 2.90 bits per heavy atom. The molecular formula is C15H18BrIN2O2. The molecule has 2 aromatic rings. The van der Waals surface area contributed by atoms with Gasteiger partial charge in [0.05, 0.1) is 20.7 Å². The lowest BCUT2D eigenvalue weighted by atomic mass is 10.0. The predicted molar refractivity (Wildman–Crippen MR) is 97.0 cm³/mol. The highest BCUT2D eigenvalue weighted by molar-refractivity contribution is 14.1. The number of amides is 1. The SMILES string of the molecule is CCC(=O)NCC(C)c1c[nH]c2c(I)c(Br)c(OC)cc12. The van der Waals surface area contributed by atoms with Gasteiger partial charge in [-0.2, -0.15) is 0 Å². The number of fused-ring (bicyclic) bond motifs is 1. The van der Waals surface area contributed by atoms with Crippen LogP contribution in [-0.2, 0) is 4.79 Å². The summed E-state index contributed by atoms with van der Waals surface area (Å²) in [4.78, 5) is 14.7. The van der Waals surface area contributed by atoms with Crippen LogP contribution in [0.25, 0.3) is 10.9 Å². The monoisotopic (exact) mass is 464 g/mol. The van der Waals surface area contributed by atoms with Crippen LogP contribution in [0.1, 0.15) is 31.7 Å². The number of aromatic amines is 1. The third-order valence-electron chi connectivity index (χ3n) is 3.53. The number of halogens is 2. The van der Waals surface area contributed by atoms with Crippen LogP contribution >= 0.6 is 38.5 Å². The maximum Gasteiger partial charge on any atom is 0.219 e. The lowest BCUT2D eigenvalue weighted by Gasteiger charge is -2.13. The number of benzene rings is 1. The zero-order valence-corrected chi connectivity index (χ0v) is 16.0. The molecule has 1 unspecified atom stereocenters. The topological polar surface area (TPSA) is 54.1 Å². The first kappa shape index (κ1) is 16.6. The number of rotatable bonds is 5. The van der Waals surface area contributed by atoms with Crippen LogP contribution in [0.4, 0.5) is 0 Å². The number of carbonyl (C=O) groups is 1. The molecule has 1 aromatic heterocycles. The Balaban J connectivity index is 2.37. The van der Waals surface area contributed by atoms with Crippen molar-refractivity contribution in [3.05, 3.63) is 25.9 Å². The molecule has 0 saturated carbocycles. The molecule has 4 nitrogen and oxygen atoms in total. The van der Waals surface area contributed by atoms with E-state index in [0.717, 1.165) is 24.7 Å². The molecule has 6 heteroatoms. The number of ether oxygens (including phenoxy) is 1. The van der Waals surface area contributed by atoms with Gasteiger partial charge in [0.1, 0.15) is 5.75 Å². The number of nitrogens with one attached hydrogen (secondary N) is 2. The first-order valence-corrected chi connectivity index (χ1v) is 8.66.